The highest BCUT2D eigenvalue weighted by atomic mass is 19.1. The summed E-state index contributed by atoms with van der Waals surface area (Å²) in [7, 11) is 0. The van der Waals surface area contributed by atoms with Crippen LogP contribution in [0.15, 0.2) is 58.1 Å². The van der Waals surface area contributed by atoms with Gasteiger partial charge in [0.05, 0.1) is 24.3 Å². The van der Waals surface area contributed by atoms with Gasteiger partial charge in [-0.05, 0) is 44.0 Å². The van der Waals surface area contributed by atoms with E-state index in [0.717, 1.165) is 11.1 Å². The predicted molar refractivity (Wildman–Crippen MR) is 114 cm³/mol. The molecule has 0 bridgehead atoms. The van der Waals surface area contributed by atoms with Crippen molar-refractivity contribution < 1.29 is 4.39 Å². The van der Waals surface area contributed by atoms with Gasteiger partial charge in [0.2, 0.25) is 0 Å². The summed E-state index contributed by atoms with van der Waals surface area (Å²) >= 11 is 0. The molecule has 0 saturated heterocycles. The molecule has 2 aromatic carbocycles. The first-order valence-electron chi connectivity index (χ1n) is 9.89. The van der Waals surface area contributed by atoms with E-state index in [1.165, 1.54) is 16.7 Å². The van der Waals surface area contributed by atoms with E-state index in [1.807, 2.05) is 45.0 Å². The molecule has 0 spiro atoms. The molecule has 2 aromatic heterocycles. The van der Waals surface area contributed by atoms with Crippen LogP contribution in [0.1, 0.15) is 29.3 Å². The van der Waals surface area contributed by atoms with E-state index in [0.29, 0.717) is 35.4 Å². The lowest BCUT2D eigenvalue weighted by molar-refractivity contribution is 0.615. The summed E-state index contributed by atoms with van der Waals surface area (Å²) < 4.78 is 17.7. The van der Waals surface area contributed by atoms with Crippen molar-refractivity contribution in [2.75, 3.05) is 0 Å². The topological polar surface area (TPSA) is 61.8 Å². The number of fused-ring (bicyclic) bond motifs is 1. The molecule has 0 radical (unpaired) electrons. The van der Waals surface area contributed by atoms with E-state index >= 15 is 0 Å². The molecular weight excluding hydrogens is 383 g/mol. The van der Waals surface area contributed by atoms with Crippen molar-refractivity contribution in [3.8, 4) is 0 Å². The van der Waals surface area contributed by atoms with Gasteiger partial charge in [0.15, 0.2) is 5.52 Å². The zero-order chi connectivity index (χ0) is 21.4. The Morgan fingerprint density at radius 3 is 2.27 bits per heavy atom. The molecule has 2 heterocycles. The summed E-state index contributed by atoms with van der Waals surface area (Å²) in [5.74, 6) is -0.363. The fourth-order valence-electron chi connectivity index (χ4n) is 3.84. The summed E-state index contributed by atoms with van der Waals surface area (Å²) in [4.78, 5) is 26.7. The van der Waals surface area contributed by atoms with Gasteiger partial charge < -0.3 is 0 Å². The first-order chi connectivity index (χ1) is 14.4. The van der Waals surface area contributed by atoms with E-state index in [-0.39, 0.29) is 17.9 Å². The molecule has 0 unspecified atom stereocenters. The largest absolute Gasteiger partial charge is 0.332 e. The standard InChI is InChI=1S/C23H23FN4O2/c1-4-28-21-20(16(3)25-28)26(14-18-7-5-6-15(2)12-18)23(30)27(22(21)29)13-17-8-10-19(24)11-9-17/h5-12H,4,13-14H2,1-3H3. The lowest BCUT2D eigenvalue weighted by Crippen LogP contribution is -2.41. The minimum absolute atomic E-state index is 0.0651. The van der Waals surface area contributed by atoms with Gasteiger partial charge >= 0.3 is 5.69 Å². The van der Waals surface area contributed by atoms with Crippen LogP contribution in [0.2, 0.25) is 0 Å². The van der Waals surface area contributed by atoms with Crippen LogP contribution in [-0.2, 0) is 19.6 Å². The Balaban J connectivity index is 1.96. The van der Waals surface area contributed by atoms with Crippen molar-refractivity contribution in [1.29, 1.82) is 0 Å². The Morgan fingerprint density at radius 1 is 0.900 bits per heavy atom. The zero-order valence-corrected chi connectivity index (χ0v) is 17.2. The van der Waals surface area contributed by atoms with Gasteiger partial charge in [0, 0.05) is 6.54 Å². The first-order valence-corrected chi connectivity index (χ1v) is 9.89. The second-order valence-electron chi connectivity index (χ2n) is 7.47. The molecule has 0 fully saturated rings. The second kappa shape index (κ2) is 7.74. The van der Waals surface area contributed by atoms with Gasteiger partial charge in [-0.3, -0.25) is 18.6 Å². The van der Waals surface area contributed by atoms with Crippen LogP contribution in [-0.4, -0.2) is 18.9 Å². The molecule has 6 nitrogen and oxygen atoms in total. The molecule has 4 aromatic rings. The molecule has 154 valence electrons. The maximum Gasteiger partial charge on any atom is 0.332 e. The molecule has 7 heteroatoms. The Kier molecular flexibility index (Phi) is 5.11. The van der Waals surface area contributed by atoms with Crippen molar-refractivity contribution in [1.82, 2.24) is 18.9 Å². The van der Waals surface area contributed by atoms with Gasteiger partial charge in [-0.25, -0.2) is 9.18 Å². The van der Waals surface area contributed by atoms with Crippen molar-refractivity contribution in [2.45, 2.75) is 40.4 Å². The average molecular weight is 406 g/mol. The minimum Gasteiger partial charge on any atom is -0.285 e. The highest BCUT2D eigenvalue weighted by Crippen LogP contribution is 2.16. The molecule has 0 aliphatic rings. The van der Waals surface area contributed by atoms with Gasteiger partial charge in [0.25, 0.3) is 5.56 Å². The minimum atomic E-state index is -0.405. The quantitative estimate of drug-likeness (QED) is 0.511. The van der Waals surface area contributed by atoms with Gasteiger partial charge in [0.1, 0.15) is 5.82 Å². The highest BCUT2D eigenvalue weighted by Gasteiger charge is 2.20. The number of hydrogen-bond acceptors (Lipinski definition) is 3. The number of aromatic nitrogens is 4. The third-order valence-electron chi connectivity index (χ3n) is 5.25. The van der Waals surface area contributed by atoms with E-state index < -0.39 is 5.69 Å². The summed E-state index contributed by atoms with van der Waals surface area (Å²) in [6, 6.07) is 13.7. The van der Waals surface area contributed by atoms with Crippen LogP contribution in [0.5, 0.6) is 0 Å². The monoisotopic (exact) mass is 406 g/mol. The fourth-order valence-corrected chi connectivity index (χ4v) is 3.84. The molecular formula is C23H23FN4O2. The van der Waals surface area contributed by atoms with E-state index in [1.54, 1.807) is 21.4 Å². The Morgan fingerprint density at radius 2 is 1.60 bits per heavy atom. The van der Waals surface area contributed by atoms with Gasteiger partial charge in [-0.2, -0.15) is 5.10 Å². The molecule has 0 N–H and O–H groups in total. The lowest BCUT2D eigenvalue weighted by atomic mass is 10.1. The Hall–Kier alpha value is -3.48. The number of aryl methyl sites for hydroxylation is 3. The average Bonchev–Trinajstić information content (AvgIpc) is 3.06. The molecule has 0 aliphatic carbocycles. The first kappa shape index (κ1) is 19.8. The lowest BCUT2D eigenvalue weighted by Gasteiger charge is -2.14. The smallest absolute Gasteiger partial charge is 0.285 e. The van der Waals surface area contributed by atoms with Gasteiger partial charge in [-0.15, -0.1) is 0 Å². The maximum atomic E-state index is 13.4. The van der Waals surface area contributed by atoms with E-state index in [4.69, 9.17) is 0 Å². The van der Waals surface area contributed by atoms with Crippen LogP contribution in [0.3, 0.4) is 0 Å². The highest BCUT2D eigenvalue weighted by molar-refractivity contribution is 5.77. The molecule has 4 rings (SSSR count). The van der Waals surface area contributed by atoms with E-state index in [9.17, 15) is 14.0 Å². The second-order valence-corrected chi connectivity index (χ2v) is 7.47. The Labute approximate surface area is 172 Å². The SMILES string of the molecule is CCn1nc(C)c2c1c(=O)n(Cc1ccc(F)cc1)c(=O)n2Cc1cccc(C)c1. The van der Waals surface area contributed by atoms with Crippen LogP contribution in [0.25, 0.3) is 11.0 Å². The van der Waals surface area contributed by atoms with E-state index in [2.05, 4.69) is 5.10 Å². The van der Waals surface area contributed by atoms with Crippen LogP contribution < -0.4 is 11.2 Å². The maximum absolute atomic E-state index is 13.4. The zero-order valence-electron chi connectivity index (χ0n) is 17.2. The summed E-state index contributed by atoms with van der Waals surface area (Å²) in [6.07, 6.45) is 0. The molecule has 0 atom stereocenters. The Bertz CT molecular complexity index is 1350. The summed E-state index contributed by atoms with van der Waals surface area (Å²) in [5.41, 5.74) is 3.55. The third-order valence-corrected chi connectivity index (χ3v) is 5.25. The number of benzene rings is 2. The fraction of sp³-hybridized carbons (Fsp3) is 0.261. The summed E-state index contributed by atoms with van der Waals surface area (Å²) in [6.45, 7) is 6.62. The van der Waals surface area contributed by atoms with Crippen molar-refractivity contribution in [2.24, 2.45) is 0 Å². The van der Waals surface area contributed by atoms with Crippen molar-refractivity contribution >= 4 is 11.0 Å². The number of nitrogens with zero attached hydrogens (tertiary/aromatic N) is 4. The van der Waals surface area contributed by atoms with Crippen molar-refractivity contribution in [3.63, 3.8) is 0 Å². The number of hydrogen-bond donors (Lipinski definition) is 0. The molecule has 30 heavy (non-hydrogen) atoms. The molecule has 0 amide bonds. The normalized spacial score (nSPS) is 11.3. The predicted octanol–water partition coefficient (Wildman–Crippen LogP) is 3.23. The van der Waals surface area contributed by atoms with Crippen LogP contribution >= 0.6 is 0 Å². The number of halogens is 1. The number of rotatable bonds is 5. The summed E-state index contributed by atoms with van der Waals surface area (Å²) in [5, 5.41) is 4.48. The van der Waals surface area contributed by atoms with Crippen LogP contribution in [0, 0.1) is 19.7 Å². The molecule has 0 aliphatic heterocycles. The van der Waals surface area contributed by atoms with Gasteiger partial charge in [-0.1, -0.05) is 42.0 Å². The van der Waals surface area contributed by atoms with Crippen molar-refractivity contribution in [3.05, 3.63) is 97.6 Å². The third kappa shape index (κ3) is 3.47. The molecule has 0 saturated carbocycles. The van der Waals surface area contributed by atoms with Crippen LogP contribution in [0.4, 0.5) is 4.39 Å².